The summed E-state index contributed by atoms with van der Waals surface area (Å²) in [7, 11) is 1.87. The molecule has 0 atom stereocenters. The highest BCUT2D eigenvalue weighted by atomic mass is 19.1. The Hall–Kier alpha value is -1.68. The number of rotatable bonds is 4. The molecule has 100 valence electrons. The first-order valence-electron chi connectivity index (χ1n) is 6.66. The molecule has 1 N–H and O–H groups in total. The summed E-state index contributed by atoms with van der Waals surface area (Å²) in [5, 5.41) is 7.55. The van der Waals surface area contributed by atoms with Gasteiger partial charge in [-0.2, -0.15) is 5.10 Å². The Kier molecular flexibility index (Phi) is 3.11. The van der Waals surface area contributed by atoms with Crippen molar-refractivity contribution in [3.63, 3.8) is 0 Å². The molecular weight excluding hydrogens is 241 g/mol. The molecule has 1 saturated carbocycles. The van der Waals surface area contributed by atoms with E-state index < -0.39 is 0 Å². The standard InChI is InChI=1S/C15H18FN3/c1-10-14(9-18-19(10)2)13-6-3-11(7-15(13)16)8-17-12-4-5-12/h3,6-7,9,12,17H,4-5,8H2,1-2H3. The summed E-state index contributed by atoms with van der Waals surface area (Å²) in [6.07, 6.45) is 4.21. The lowest BCUT2D eigenvalue weighted by atomic mass is 10.0. The summed E-state index contributed by atoms with van der Waals surface area (Å²) in [5.74, 6) is -0.175. The van der Waals surface area contributed by atoms with Gasteiger partial charge in [0.2, 0.25) is 0 Å². The highest BCUT2D eigenvalue weighted by molar-refractivity contribution is 5.66. The number of hydrogen-bond acceptors (Lipinski definition) is 2. The summed E-state index contributed by atoms with van der Waals surface area (Å²) in [5.41, 5.74) is 3.46. The average molecular weight is 259 g/mol. The fourth-order valence-electron chi connectivity index (χ4n) is 2.20. The number of hydrogen-bond donors (Lipinski definition) is 1. The Morgan fingerprint density at radius 3 is 2.74 bits per heavy atom. The van der Waals surface area contributed by atoms with E-state index in [1.54, 1.807) is 16.9 Å². The van der Waals surface area contributed by atoms with E-state index in [4.69, 9.17) is 0 Å². The summed E-state index contributed by atoms with van der Waals surface area (Å²) in [4.78, 5) is 0. The van der Waals surface area contributed by atoms with Gasteiger partial charge in [-0.25, -0.2) is 4.39 Å². The molecule has 2 aromatic rings. The Balaban J connectivity index is 1.84. The van der Waals surface area contributed by atoms with Gasteiger partial charge in [0, 0.05) is 36.5 Å². The first kappa shape index (κ1) is 12.4. The van der Waals surface area contributed by atoms with Crippen LogP contribution in [-0.2, 0) is 13.6 Å². The lowest BCUT2D eigenvalue weighted by Crippen LogP contribution is -2.15. The van der Waals surface area contributed by atoms with Crippen LogP contribution in [0.4, 0.5) is 4.39 Å². The second-order valence-corrected chi connectivity index (χ2v) is 5.24. The van der Waals surface area contributed by atoms with Crippen molar-refractivity contribution >= 4 is 0 Å². The molecule has 1 aliphatic carbocycles. The molecule has 0 amide bonds. The van der Waals surface area contributed by atoms with E-state index >= 15 is 0 Å². The fourth-order valence-corrected chi connectivity index (χ4v) is 2.20. The lowest BCUT2D eigenvalue weighted by molar-refractivity contribution is 0.622. The second-order valence-electron chi connectivity index (χ2n) is 5.24. The van der Waals surface area contributed by atoms with Gasteiger partial charge >= 0.3 is 0 Å². The van der Waals surface area contributed by atoms with Crippen LogP contribution in [0.5, 0.6) is 0 Å². The Labute approximate surface area is 112 Å². The molecular formula is C15H18FN3. The van der Waals surface area contributed by atoms with E-state index in [-0.39, 0.29) is 5.82 Å². The summed E-state index contributed by atoms with van der Waals surface area (Å²) in [6, 6.07) is 6.10. The summed E-state index contributed by atoms with van der Waals surface area (Å²) < 4.78 is 16.0. The molecule has 1 aromatic heterocycles. The van der Waals surface area contributed by atoms with E-state index in [2.05, 4.69) is 10.4 Å². The normalized spacial score (nSPS) is 14.9. The predicted octanol–water partition coefficient (Wildman–Crippen LogP) is 2.79. The van der Waals surface area contributed by atoms with Gasteiger partial charge in [0.15, 0.2) is 0 Å². The average Bonchev–Trinajstić information content (AvgIpc) is 3.16. The Bertz CT molecular complexity index is 599. The van der Waals surface area contributed by atoms with Gasteiger partial charge in [0.25, 0.3) is 0 Å². The van der Waals surface area contributed by atoms with Crippen molar-refractivity contribution in [3.8, 4) is 11.1 Å². The van der Waals surface area contributed by atoms with Crippen molar-refractivity contribution in [2.75, 3.05) is 0 Å². The molecule has 0 saturated heterocycles. The smallest absolute Gasteiger partial charge is 0.131 e. The monoisotopic (exact) mass is 259 g/mol. The molecule has 0 radical (unpaired) electrons. The lowest BCUT2D eigenvalue weighted by Gasteiger charge is -2.07. The van der Waals surface area contributed by atoms with E-state index in [9.17, 15) is 4.39 Å². The van der Waals surface area contributed by atoms with Crippen molar-refractivity contribution < 1.29 is 4.39 Å². The number of halogens is 1. The highest BCUT2D eigenvalue weighted by Crippen LogP contribution is 2.26. The maximum Gasteiger partial charge on any atom is 0.131 e. The summed E-state index contributed by atoms with van der Waals surface area (Å²) in [6.45, 7) is 2.69. The molecule has 3 rings (SSSR count). The number of nitrogens with zero attached hydrogens (tertiary/aromatic N) is 2. The molecule has 19 heavy (non-hydrogen) atoms. The SMILES string of the molecule is Cc1c(-c2ccc(CNC3CC3)cc2F)cnn1C. The highest BCUT2D eigenvalue weighted by Gasteiger charge is 2.20. The van der Waals surface area contributed by atoms with Crippen molar-refractivity contribution in [1.82, 2.24) is 15.1 Å². The third-order valence-corrected chi connectivity index (χ3v) is 3.73. The number of nitrogens with one attached hydrogen (secondary N) is 1. The van der Waals surface area contributed by atoms with Crippen LogP contribution in [-0.4, -0.2) is 15.8 Å². The quantitative estimate of drug-likeness (QED) is 0.915. The molecule has 0 spiro atoms. The molecule has 1 fully saturated rings. The summed E-state index contributed by atoms with van der Waals surface area (Å²) >= 11 is 0. The third-order valence-electron chi connectivity index (χ3n) is 3.73. The zero-order valence-electron chi connectivity index (χ0n) is 11.3. The van der Waals surface area contributed by atoms with Crippen molar-refractivity contribution in [2.24, 2.45) is 7.05 Å². The maximum atomic E-state index is 14.2. The van der Waals surface area contributed by atoms with E-state index in [0.717, 1.165) is 23.4 Å². The van der Waals surface area contributed by atoms with Crippen molar-refractivity contribution in [1.29, 1.82) is 0 Å². The first-order chi connectivity index (χ1) is 9.15. The molecule has 4 heteroatoms. The first-order valence-corrected chi connectivity index (χ1v) is 6.66. The van der Waals surface area contributed by atoms with Gasteiger partial charge in [-0.15, -0.1) is 0 Å². The van der Waals surface area contributed by atoms with Crippen LogP contribution in [0.15, 0.2) is 24.4 Å². The van der Waals surface area contributed by atoms with Gasteiger partial charge in [-0.1, -0.05) is 12.1 Å². The Morgan fingerprint density at radius 2 is 2.16 bits per heavy atom. The molecule has 0 aliphatic heterocycles. The second kappa shape index (κ2) is 4.78. The van der Waals surface area contributed by atoms with Crippen molar-refractivity contribution in [3.05, 3.63) is 41.5 Å². The minimum atomic E-state index is -0.175. The predicted molar refractivity (Wildman–Crippen MR) is 73.2 cm³/mol. The van der Waals surface area contributed by atoms with Crippen LogP contribution >= 0.6 is 0 Å². The molecule has 3 nitrogen and oxygen atoms in total. The zero-order chi connectivity index (χ0) is 13.4. The number of benzene rings is 1. The van der Waals surface area contributed by atoms with Gasteiger partial charge in [0.1, 0.15) is 5.82 Å². The topological polar surface area (TPSA) is 29.9 Å². The largest absolute Gasteiger partial charge is 0.310 e. The van der Waals surface area contributed by atoms with E-state index in [0.29, 0.717) is 11.6 Å². The zero-order valence-corrected chi connectivity index (χ0v) is 11.3. The molecule has 1 heterocycles. The maximum absolute atomic E-state index is 14.2. The molecule has 0 unspecified atom stereocenters. The Morgan fingerprint density at radius 1 is 1.37 bits per heavy atom. The van der Waals surface area contributed by atoms with Crippen LogP contribution in [0.3, 0.4) is 0 Å². The third kappa shape index (κ3) is 2.54. The van der Waals surface area contributed by atoms with Gasteiger partial charge in [-0.3, -0.25) is 4.68 Å². The van der Waals surface area contributed by atoms with E-state index in [1.165, 1.54) is 12.8 Å². The number of aryl methyl sites for hydroxylation is 1. The van der Waals surface area contributed by atoms with Gasteiger partial charge in [0.05, 0.1) is 6.20 Å². The van der Waals surface area contributed by atoms with Crippen LogP contribution in [0.1, 0.15) is 24.1 Å². The molecule has 0 bridgehead atoms. The van der Waals surface area contributed by atoms with Crippen molar-refractivity contribution in [2.45, 2.75) is 32.4 Å². The minimum Gasteiger partial charge on any atom is -0.310 e. The van der Waals surface area contributed by atoms with Gasteiger partial charge < -0.3 is 5.32 Å². The molecule has 1 aliphatic rings. The number of aromatic nitrogens is 2. The van der Waals surface area contributed by atoms with Crippen LogP contribution in [0, 0.1) is 12.7 Å². The van der Waals surface area contributed by atoms with Crippen LogP contribution in [0.2, 0.25) is 0 Å². The van der Waals surface area contributed by atoms with E-state index in [1.807, 2.05) is 26.1 Å². The van der Waals surface area contributed by atoms with Gasteiger partial charge in [-0.05, 0) is 31.4 Å². The fraction of sp³-hybridized carbons (Fsp3) is 0.400. The van der Waals surface area contributed by atoms with Crippen LogP contribution in [0.25, 0.3) is 11.1 Å². The molecule has 1 aromatic carbocycles. The minimum absolute atomic E-state index is 0.175. The van der Waals surface area contributed by atoms with Crippen LogP contribution < -0.4 is 5.32 Å².